The Morgan fingerprint density at radius 1 is 0.784 bits per heavy atom. The molecule has 2 heterocycles. The molecular formula is C44H57N3O4. The third-order valence-electron chi connectivity index (χ3n) is 12.8. The summed E-state index contributed by atoms with van der Waals surface area (Å²) in [4.78, 5) is 15.8. The van der Waals surface area contributed by atoms with Crippen LogP contribution in [0.2, 0.25) is 0 Å². The lowest BCUT2D eigenvalue weighted by Crippen LogP contribution is -2.61. The number of ether oxygens (including phenoxy) is 2. The number of benzene rings is 3. The molecule has 9 rings (SSSR count). The van der Waals surface area contributed by atoms with E-state index in [-0.39, 0.29) is 36.3 Å². The van der Waals surface area contributed by atoms with Crippen molar-refractivity contribution in [1.29, 1.82) is 0 Å². The molecule has 2 aliphatic heterocycles. The standard InChI is InChI=1S/C44H57N3O4/c1-30-40(28-47-17-5-3-2-4-6-18-47)50-42(51-41(30)36-15-13-31(29-48)14-16-36)39-12-8-11-38(23-39)37-10-7-9-32(22-37)27-45-43(49)46-44-24-33-19-34(25-44)21-35(20-33)26-44/h7-16,22-23,30,33-35,40-42,48H,2-6,17-21,24-29H2,1H3,(H2,45,46,49). The van der Waals surface area contributed by atoms with Gasteiger partial charge in [0.2, 0.25) is 0 Å². The Balaban J connectivity index is 0.966. The highest BCUT2D eigenvalue weighted by molar-refractivity contribution is 5.75. The number of hydrogen-bond donors (Lipinski definition) is 3. The topological polar surface area (TPSA) is 83.1 Å². The van der Waals surface area contributed by atoms with E-state index in [9.17, 15) is 9.90 Å². The summed E-state index contributed by atoms with van der Waals surface area (Å²) < 4.78 is 13.7. The quantitative estimate of drug-likeness (QED) is 0.209. The molecule has 3 aromatic rings. The summed E-state index contributed by atoms with van der Waals surface area (Å²) in [5.41, 5.74) is 6.33. The minimum absolute atomic E-state index is 0.00945. The van der Waals surface area contributed by atoms with Crippen LogP contribution in [0.5, 0.6) is 0 Å². The summed E-state index contributed by atoms with van der Waals surface area (Å²) in [5.74, 6) is 2.57. The van der Waals surface area contributed by atoms with Crippen LogP contribution in [0, 0.1) is 23.7 Å². The number of amides is 2. The van der Waals surface area contributed by atoms with E-state index in [1.165, 1.54) is 51.4 Å². The molecule has 0 aromatic heterocycles. The van der Waals surface area contributed by atoms with Crippen molar-refractivity contribution in [1.82, 2.24) is 15.5 Å². The molecule has 7 nitrogen and oxygen atoms in total. The smallest absolute Gasteiger partial charge is 0.315 e. The predicted molar refractivity (Wildman–Crippen MR) is 201 cm³/mol. The first-order chi connectivity index (χ1) is 24.9. The van der Waals surface area contributed by atoms with Crippen LogP contribution in [0.15, 0.2) is 72.8 Å². The Morgan fingerprint density at radius 2 is 1.43 bits per heavy atom. The number of urea groups is 1. The van der Waals surface area contributed by atoms with Gasteiger partial charge in [0, 0.05) is 30.1 Å². The average molecular weight is 692 g/mol. The molecule has 51 heavy (non-hydrogen) atoms. The largest absolute Gasteiger partial charge is 0.392 e. The van der Waals surface area contributed by atoms with Gasteiger partial charge in [0.25, 0.3) is 0 Å². The van der Waals surface area contributed by atoms with Crippen molar-refractivity contribution in [3.8, 4) is 11.1 Å². The highest BCUT2D eigenvalue weighted by Crippen LogP contribution is 2.55. The lowest BCUT2D eigenvalue weighted by Gasteiger charge is -2.56. The maximum atomic E-state index is 13.2. The molecule has 6 aliphatic rings. The summed E-state index contributed by atoms with van der Waals surface area (Å²) in [6.07, 6.45) is 13.4. The van der Waals surface area contributed by atoms with Gasteiger partial charge >= 0.3 is 6.03 Å². The van der Waals surface area contributed by atoms with Crippen LogP contribution in [0.1, 0.15) is 112 Å². The molecule has 4 unspecified atom stereocenters. The van der Waals surface area contributed by atoms with Gasteiger partial charge in [-0.25, -0.2) is 4.79 Å². The highest BCUT2D eigenvalue weighted by Gasteiger charge is 2.51. The maximum Gasteiger partial charge on any atom is 0.315 e. The maximum absolute atomic E-state index is 13.2. The Bertz CT molecular complexity index is 1600. The van der Waals surface area contributed by atoms with E-state index in [4.69, 9.17) is 9.47 Å². The van der Waals surface area contributed by atoms with E-state index in [0.717, 1.165) is 90.0 Å². The van der Waals surface area contributed by atoms with Crippen molar-refractivity contribution in [2.75, 3.05) is 19.6 Å². The van der Waals surface area contributed by atoms with E-state index in [1.54, 1.807) is 0 Å². The molecule has 6 fully saturated rings. The number of carbonyl (C=O) groups is 1. The fraction of sp³-hybridized carbons (Fsp3) is 0.568. The molecule has 2 amide bonds. The molecule has 7 heteroatoms. The minimum atomic E-state index is -0.499. The van der Waals surface area contributed by atoms with E-state index >= 15 is 0 Å². The summed E-state index contributed by atoms with van der Waals surface area (Å²) in [6, 6.07) is 25.2. The summed E-state index contributed by atoms with van der Waals surface area (Å²) >= 11 is 0. The van der Waals surface area contributed by atoms with Gasteiger partial charge in [-0.3, -0.25) is 0 Å². The van der Waals surface area contributed by atoms with Gasteiger partial charge in [-0.05, 0) is 122 Å². The normalized spacial score (nSPS) is 32.2. The van der Waals surface area contributed by atoms with Gasteiger partial charge in [0.15, 0.2) is 6.29 Å². The van der Waals surface area contributed by atoms with Crippen molar-refractivity contribution in [3.63, 3.8) is 0 Å². The van der Waals surface area contributed by atoms with Crippen LogP contribution >= 0.6 is 0 Å². The molecule has 0 spiro atoms. The molecule has 4 atom stereocenters. The van der Waals surface area contributed by atoms with Gasteiger partial charge in [-0.15, -0.1) is 0 Å². The van der Waals surface area contributed by atoms with Crippen molar-refractivity contribution < 1.29 is 19.4 Å². The fourth-order valence-electron chi connectivity index (χ4n) is 10.5. The second-order valence-corrected chi connectivity index (χ2v) is 16.7. The Kier molecular flexibility index (Phi) is 10.5. The van der Waals surface area contributed by atoms with Gasteiger partial charge in [0.1, 0.15) is 0 Å². The van der Waals surface area contributed by atoms with Crippen molar-refractivity contribution >= 4 is 6.03 Å². The van der Waals surface area contributed by atoms with Gasteiger partial charge in [0.05, 0.1) is 18.8 Å². The Hall–Kier alpha value is -3.23. The first-order valence-corrected chi connectivity index (χ1v) is 19.9. The number of rotatable bonds is 9. The Morgan fingerprint density at radius 3 is 2.12 bits per heavy atom. The number of aliphatic hydroxyl groups excluding tert-OH is 1. The number of carbonyl (C=O) groups excluding carboxylic acids is 1. The van der Waals surface area contributed by atoms with E-state index in [0.29, 0.717) is 6.54 Å². The molecule has 0 radical (unpaired) electrons. The van der Waals surface area contributed by atoms with Crippen molar-refractivity contribution in [2.24, 2.45) is 23.7 Å². The first kappa shape index (κ1) is 34.8. The number of nitrogens with one attached hydrogen (secondary N) is 2. The van der Waals surface area contributed by atoms with Gasteiger partial charge in [-0.1, -0.05) is 86.8 Å². The molecule has 4 bridgehead atoms. The number of likely N-dealkylation sites (tertiary alicyclic amines) is 1. The molecule has 4 saturated carbocycles. The molecule has 272 valence electrons. The summed E-state index contributed by atoms with van der Waals surface area (Å²) in [5, 5.41) is 16.3. The molecule has 2 saturated heterocycles. The van der Waals surface area contributed by atoms with Crippen LogP contribution in [0.25, 0.3) is 11.1 Å². The van der Waals surface area contributed by atoms with Gasteiger partial charge in [-0.2, -0.15) is 0 Å². The van der Waals surface area contributed by atoms with E-state index in [2.05, 4.69) is 83.1 Å². The zero-order valence-corrected chi connectivity index (χ0v) is 30.4. The molecular weight excluding hydrogens is 635 g/mol. The summed E-state index contributed by atoms with van der Waals surface area (Å²) in [6.45, 7) is 5.93. The highest BCUT2D eigenvalue weighted by atomic mass is 16.7. The predicted octanol–water partition coefficient (Wildman–Crippen LogP) is 8.67. The van der Waals surface area contributed by atoms with E-state index < -0.39 is 6.29 Å². The molecule has 3 N–H and O–H groups in total. The lowest BCUT2D eigenvalue weighted by atomic mass is 9.53. The van der Waals surface area contributed by atoms with Gasteiger partial charge < -0.3 is 30.1 Å². The van der Waals surface area contributed by atoms with Crippen LogP contribution in [-0.4, -0.2) is 47.3 Å². The SMILES string of the molecule is CC1C(CN2CCCCCCC2)OC(c2cccc(-c3cccc(CNC(=O)NC45CC6CC(CC(C6)C4)C5)c3)c2)OC1c1ccc(CO)cc1. The Labute approximate surface area is 304 Å². The summed E-state index contributed by atoms with van der Waals surface area (Å²) in [7, 11) is 0. The average Bonchev–Trinajstić information content (AvgIpc) is 3.12. The zero-order valence-electron chi connectivity index (χ0n) is 30.4. The first-order valence-electron chi connectivity index (χ1n) is 19.9. The third-order valence-corrected chi connectivity index (χ3v) is 12.8. The van der Waals surface area contributed by atoms with Crippen LogP contribution in [-0.2, 0) is 22.6 Å². The van der Waals surface area contributed by atoms with E-state index in [1.807, 2.05) is 12.1 Å². The van der Waals surface area contributed by atoms with Crippen LogP contribution in [0.3, 0.4) is 0 Å². The number of hydrogen-bond acceptors (Lipinski definition) is 5. The van der Waals surface area contributed by atoms with Crippen LogP contribution in [0.4, 0.5) is 4.79 Å². The van der Waals surface area contributed by atoms with Crippen LogP contribution < -0.4 is 10.6 Å². The fourth-order valence-corrected chi connectivity index (χ4v) is 10.5. The zero-order chi connectivity index (χ0) is 34.8. The monoisotopic (exact) mass is 691 g/mol. The molecule has 4 aliphatic carbocycles. The second kappa shape index (κ2) is 15.4. The molecule has 3 aromatic carbocycles. The number of aliphatic hydroxyl groups is 1. The van der Waals surface area contributed by atoms with Crippen molar-refractivity contribution in [3.05, 3.63) is 95.1 Å². The second-order valence-electron chi connectivity index (χ2n) is 16.7. The lowest BCUT2D eigenvalue weighted by molar-refractivity contribution is -0.276. The third kappa shape index (κ3) is 8.07. The number of nitrogens with zero attached hydrogens (tertiary/aromatic N) is 1. The van der Waals surface area contributed by atoms with Crippen molar-refractivity contribution in [2.45, 2.75) is 115 Å². The minimum Gasteiger partial charge on any atom is -0.392 e.